The van der Waals surface area contributed by atoms with Crippen LogP contribution in [0.2, 0.25) is 5.02 Å². The van der Waals surface area contributed by atoms with E-state index in [1.165, 1.54) is 29.5 Å². The fraction of sp³-hybridized carbons (Fsp3) is 0.333. The number of hydrogen-bond acceptors (Lipinski definition) is 6. The van der Waals surface area contributed by atoms with Crippen molar-refractivity contribution >= 4 is 46.2 Å². The zero-order valence-electron chi connectivity index (χ0n) is 16.7. The third-order valence-corrected chi connectivity index (χ3v) is 5.56. The molecule has 31 heavy (non-hydrogen) atoms. The number of hydrogen-bond donors (Lipinski definition) is 1. The number of rotatable bonds is 5. The van der Waals surface area contributed by atoms with Crippen molar-refractivity contribution in [1.29, 1.82) is 0 Å². The number of halogens is 1. The monoisotopic (exact) mass is 444 g/mol. The van der Waals surface area contributed by atoms with Crippen LogP contribution in [0.25, 0.3) is 0 Å². The Balaban J connectivity index is 1.56. The van der Waals surface area contributed by atoms with Crippen LogP contribution in [-0.2, 0) is 9.59 Å². The molecular formula is C21H21ClN4O5. The highest BCUT2D eigenvalue weighted by Crippen LogP contribution is 2.36. The molecule has 162 valence electrons. The summed E-state index contributed by atoms with van der Waals surface area (Å²) in [7, 11) is 0. The Hall–Kier alpha value is -3.33. The van der Waals surface area contributed by atoms with E-state index in [9.17, 15) is 19.7 Å². The van der Waals surface area contributed by atoms with Gasteiger partial charge in [0.15, 0.2) is 6.61 Å². The van der Waals surface area contributed by atoms with Gasteiger partial charge in [-0.05, 0) is 43.5 Å². The molecule has 2 aliphatic rings. The van der Waals surface area contributed by atoms with Gasteiger partial charge in [0.05, 0.1) is 22.0 Å². The standard InChI is InChI=1S/C21H21ClN4O5/c22-14-4-6-17(24-8-2-1-3-9-24)16(10-14)23-20(27)12-25-18-11-15(26(29)30)5-7-19(18)31-13-21(25)28/h4-7,10-11H,1-3,8-9,12-13H2,(H,23,27). The van der Waals surface area contributed by atoms with Gasteiger partial charge in [-0.25, -0.2) is 0 Å². The molecule has 1 fully saturated rings. The molecule has 2 aliphatic heterocycles. The summed E-state index contributed by atoms with van der Waals surface area (Å²) < 4.78 is 5.35. The lowest BCUT2D eigenvalue weighted by molar-refractivity contribution is -0.384. The molecule has 0 radical (unpaired) electrons. The van der Waals surface area contributed by atoms with Crippen LogP contribution in [0.5, 0.6) is 5.75 Å². The molecule has 0 aromatic heterocycles. The first-order valence-corrected chi connectivity index (χ1v) is 10.4. The number of fused-ring (bicyclic) bond motifs is 1. The van der Waals surface area contributed by atoms with Crippen molar-refractivity contribution in [3.8, 4) is 5.75 Å². The van der Waals surface area contributed by atoms with Crippen LogP contribution >= 0.6 is 11.6 Å². The Morgan fingerprint density at radius 1 is 1.13 bits per heavy atom. The minimum atomic E-state index is -0.561. The number of nitrogens with zero attached hydrogens (tertiary/aromatic N) is 3. The topological polar surface area (TPSA) is 105 Å². The Morgan fingerprint density at radius 2 is 1.90 bits per heavy atom. The van der Waals surface area contributed by atoms with Crippen molar-refractivity contribution in [1.82, 2.24) is 0 Å². The summed E-state index contributed by atoms with van der Waals surface area (Å²) in [5, 5.41) is 14.5. The number of amides is 2. The maximum atomic E-state index is 12.9. The predicted molar refractivity (Wildman–Crippen MR) is 117 cm³/mol. The van der Waals surface area contributed by atoms with E-state index in [0.29, 0.717) is 16.5 Å². The number of benzene rings is 2. The molecule has 9 nitrogen and oxygen atoms in total. The van der Waals surface area contributed by atoms with E-state index in [1.54, 1.807) is 12.1 Å². The van der Waals surface area contributed by atoms with Crippen molar-refractivity contribution in [3.63, 3.8) is 0 Å². The van der Waals surface area contributed by atoms with E-state index in [-0.39, 0.29) is 24.5 Å². The number of non-ortho nitro benzene ring substituents is 1. The molecule has 0 aliphatic carbocycles. The van der Waals surface area contributed by atoms with Gasteiger partial charge in [0.1, 0.15) is 12.3 Å². The molecule has 0 bridgehead atoms. The SMILES string of the molecule is O=C(CN1C(=O)COc2ccc([N+](=O)[O-])cc21)Nc1cc(Cl)ccc1N1CCCCC1. The van der Waals surface area contributed by atoms with Crippen LogP contribution in [0.1, 0.15) is 19.3 Å². The second-order valence-corrected chi connectivity index (χ2v) is 7.87. The number of nitro benzene ring substituents is 1. The third-order valence-electron chi connectivity index (χ3n) is 5.33. The van der Waals surface area contributed by atoms with Crippen LogP contribution in [0, 0.1) is 10.1 Å². The molecule has 0 spiro atoms. The summed E-state index contributed by atoms with van der Waals surface area (Å²) in [6.45, 7) is 1.24. The van der Waals surface area contributed by atoms with Crippen molar-refractivity contribution in [2.24, 2.45) is 0 Å². The van der Waals surface area contributed by atoms with Gasteiger partial charge >= 0.3 is 0 Å². The number of piperidine rings is 1. The summed E-state index contributed by atoms with van der Waals surface area (Å²) in [4.78, 5) is 39.2. The van der Waals surface area contributed by atoms with E-state index in [2.05, 4.69) is 10.2 Å². The highest BCUT2D eigenvalue weighted by Gasteiger charge is 2.29. The van der Waals surface area contributed by atoms with Crippen LogP contribution in [-0.4, -0.2) is 43.0 Å². The number of carbonyl (C=O) groups excluding carboxylic acids is 2. The van der Waals surface area contributed by atoms with Gasteiger partial charge in [-0.15, -0.1) is 0 Å². The van der Waals surface area contributed by atoms with Crippen molar-refractivity contribution in [3.05, 3.63) is 51.5 Å². The van der Waals surface area contributed by atoms with Gasteiger partial charge in [-0.2, -0.15) is 0 Å². The van der Waals surface area contributed by atoms with Crippen LogP contribution in [0.15, 0.2) is 36.4 Å². The number of ether oxygens (including phenoxy) is 1. The average Bonchev–Trinajstić information content (AvgIpc) is 2.76. The van der Waals surface area contributed by atoms with Crippen LogP contribution in [0.4, 0.5) is 22.7 Å². The van der Waals surface area contributed by atoms with Gasteiger partial charge in [-0.3, -0.25) is 24.6 Å². The number of anilines is 3. The zero-order chi connectivity index (χ0) is 22.0. The molecule has 4 rings (SSSR count). The molecule has 0 atom stereocenters. The molecule has 2 amide bonds. The minimum Gasteiger partial charge on any atom is -0.482 e. The average molecular weight is 445 g/mol. The van der Waals surface area contributed by atoms with Crippen molar-refractivity contribution in [2.45, 2.75) is 19.3 Å². The number of carbonyl (C=O) groups is 2. The quantitative estimate of drug-likeness (QED) is 0.558. The lowest BCUT2D eigenvalue weighted by Gasteiger charge is -2.31. The highest BCUT2D eigenvalue weighted by molar-refractivity contribution is 6.31. The Labute approximate surface area is 183 Å². The Kier molecular flexibility index (Phi) is 5.94. The molecule has 0 saturated carbocycles. The summed E-state index contributed by atoms with van der Waals surface area (Å²) in [6.07, 6.45) is 3.33. The first-order valence-electron chi connectivity index (χ1n) is 9.98. The largest absolute Gasteiger partial charge is 0.482 e. The van der Waals surface area contributed by atoms with Crippen molar-refractivity contribution in [2.75, 3.05) is 41.4 Å². The predicted octanol–water partition coefficient (Wildman–Crippen LogP) is 3.60. The molecule has 2 heterocycles. The fourth-order valence-corrected chi connectivity index (χ4v) is 4.00. The summed E-state index contributed by atoms with van der Waals surface area (Å²) >= 11 is 6.15. The second kappa shape index (κ2) is 8.81. The fourth-order valence-electron chi connectivity index (χ4n) is 3.83. The minimum absolute atomic E-state index is 0.190. The molecule has 1 N–H and O–H groups in total. The van der Waals surface area contributed by atoms with Gasteiger partial charge in [0, 0.05) is 30.2 Å². The van der Waals surface area contributed by atoms with Gasteiger partial charge in [0.2, 0.25) is 5.91 Å². The van der Waals surface area contributed by atoms with E-state index >= 15 is 0 Å². The van der Waals surface area contributed by atoms with E-state index in [0.717, 1.165) is 31.6 Å². The maximum absolute atomic E-state index is 12.9. The molecule has 0 unspecified atom stereocenters. The highest BCUT2D eigenvalue weighted by atomic mass is 35.5. The molecule has 2 aromatic rings. The van der Waals surface area contributed by atoms with Gasteiger partial charge in [-0.1, -0.05) is 11.6 Å². The second-order valence-electron chi connectivity index (χ2n) is 7.44. The maximum Gasteiger partial charge on any atom is 0.271 e. The Bertz CT molecular complexity index is 1040. The summed E-state index contributed by atoms with van der Waals surface area (Å²) in [5.41, 5.74) is 1.45. The van der Waals surface area contributed by atoms with Gasteiger partial charge in [0.25, 0.3) is 11.6 Å². The van der Waals surface area contributed by atoms with Crippen molar-refractivity contribution < 1.29 is 19.2 Å². The normalized spacial score (nSPS) is 15.8. The van der Waals surface area contributed by atoms with E-state index < -0.39 is 16.7 Å². The smallest absolute Gasteiger partial charge is 0.271 e. The third kappa shape index (κ3) is 4.56. The first-order chi connectivity index (χ1) is 14.9. The molecule has 2 aromatic carbocycles. The molecular weight excluding hydrogens is 424 g/mol. The summed E-state index contributed by atoms with van der Waals surface area (Å²) in [6, 6.07) is 9.30. The number of nitrogens with one attached hydrogen (secondary N) is 1. The van der Waals surface area contributed by atoms with E-state index in [1.807, 2.05) is 6.07 Å². The van der Waals surface area contributed by atoms with Gasteiger partial charge < -0.3 is 15.0 Å². The number of nitro groups is 1. The Morgan fingerprint density at radius 3 is 2.65 bits per heavy atom. The lowest BCUT2D eigenvalue weighted by atomic mass is 10.1. The first kappa shape index (κ1) is 20.9. The summed E-state index contributed by atoms with van der Waals surface area (Å²) in [5.74, 6) is -0.575. The van der Waals surface area contributed by atoms with E-state index in [4.69, 9.17) is 16.3 Å². The lowest BCUT2D eigenvalue weighted by Crippen LogP contribution is -2.43. The van der Waals surface area contributed by atoms with Crippen LogP contribution < -0.4 is 19.9 Å². The molecule has 1 saturated heterocycles. The zero-order valence-corrected chi connectivity index (χ0v) is 17.4. The molecule has 10 heteroatoms. The van der Waals surface area contributed by atoms with Crippen LogP contribution in [0.3, 0.4) is 0 Å².